The second-order valence-electron chi connectivity index (χ2n) is 10.2. The minimum atomic E-state index is 0.151. The Morgan fingerprint density at radius 3 is 1.48 bits per heavy atom. The third-order valence-corrected chi connectivity index (χ3v) is 7.04. The standard InChI is InChI=1S/C27H40/c1-20(2)19-24(22-15-11-9-12-16-22)26(5,6)27(7,8)25(21(3)4)23-17-13-10-14-18-23/h9-18,20-21,24-25H,19H2,1-8H3. The molecule has 2 aromatic rings. The van der Waals surface area contributed by atoms with Gasteiger partial charge in [-0.05, 0) is 52.0 Å². The van der Waals surface area contributed by atoms with Crippen molar-refractivity contribution < 1.29 is 0 Å². The summed E-state index contributed by atoms with van der Waals surface area (Å²) in [5.41, 5.74) is 3.27. The molecule has 2 atom stereocenters. The van der Waals surface area contributed by atoms with Crippen molar-refractivity contribution in [1.29, 1.82) is 0 Å². The Labute approximate surface area is 168 Å². The maximum absolute atomic E-state index is 2.51. The summed E-state index contributed by atoms with van der Waals surface area (Å²) in [7, 11) is 0. The van der Waals surface area contributed by atoms with Crippen LogP contribution in [0.5, 0.6) is 0 Å². The second kappa shape index (κ2) is 8.63. The maximum atomic E-state index is 2.51. The van der Waals surface area contributed by atoms with Crippen LogP contribution < -0.4 is 0 Å². The van der Waals surface area contributed by atoms with E-state index in [1.54, 1.807) is 0 Å². The lowest BCUT2D eigenvalue weighted by atomic mass is 9.51. The smallest absolute Gasteiger partial charge is 0.00822 e. The van der Waals surface area contributed by atoms with E-state index in [4.69, 9.17) is 0 Å². The number of hydrogen-bond acceptors (Lipinski definition) is 0. The zero-order valence-corrected chi connectivity index (χ0v) is 18.8. The molecule has 0 amide bonds. The molecule has 0 aromatic heterocycles. The topological polar surface area (TPSA) is 0 Å². The van der Waals surface area contributed by atoms with E-state index in [9.17, 15) is 0 Å². The van der Waals surface area contributed by atoms with E-state index < -0.39 is 0 Å². The first-order chi connectivity index (χ1) is 12.6. The Hall–Kier alpha value is -1.56. The quantitative estimate of drug-likeness (QED) is 0.442. The first-order valence-corrected chi connectivity index (χ1v) is 10.7. The fourth-order valence-corrected chi connectivity index (χ4v) is 5.15. The van der Waals surface area contributed by atoms with Crippen LogP contribution in [0.3, 0.4) is 0 Å². The highest BCUT2D eigenvalue weighted by Gasteiger charge is 2.49. The van der Waals surface area contributed by atoms with E-state index in [2.05, 4.69) is 116 Å². The Balaban J connectivity index is 2.53. The van der Waals surface area contributed by atoms with Crippen molar-refractivity contribution in [2.45, 2.75) is 73.6 Å². The largest absolute Gasteiger partial charge is 0.0628 e. The van der Waals surface area contributed by atoms with Crippen molar-refractivity contribution >= 4 is 0 Å². The van der Waals surface area contributed by atoms with Gasteiger partial charge in [0.1, 0.15) is 0 Å². The molecular formula is C27H40. The summed E-state index contributed by atoms with van der Waals surface area (Å²) in [5, 5.41) is 0. The van der Waals surface area contributed by atoms with E-state index in [0.717, 1.165) is 0 Å². The van der Waals surface area contributed by atoms with Gasteiger partial charge in [-0.3, -0.25) is 0 Å². The van der Waals surface area contributed by atoms with Crippen molar-refractivity contribution in [1.82, 2.24) is 0 Å². The summed E-state index contributed by atoms with van der Waals surface area (Å²) in [5.74, 6) is 2.34. The van der Waals surface area contributed by atoms with Crippen LogP contribution in [0, 0.1) is 22.7 Å². The minimum absolute atomic E-state index is 0.151. The van der Waals surface area contributed by atoms with Crippen LogP contribution in [0.2, 0.25) is 0 Å². The average Bonchev–Trinajstić information content (AvgIpc) is 2.60. The van der Waals surface area contributed by atoms with E-state index in [1.165, 1.54) is 17.5 Å². The van der Waals surface area contributed by atoms with Gasteiger partial charge in [0.25, 0.3) is 0 Å². The Kier molecular flexibility index (Phi) is 6.95. The normalized spacial score (nSPS) is 15.2. The minimum Gasteiger partial charge on any atom is -0.0628 e. The SMILES string of the molecule is CC(C)CC(c1ccccc1)C(C)(C)C(C)(C)C(c1ccccc1)C(C)C. The lowest BCUT2D eigenvalue weighted by molar-refractivity contribution is 0.0230. The molecule has 0 aliphatic rings. The zero-order chi connectivity index (χ0) is 20.2. The van der Waals surface area contributed by atoms with Gasteiger partial charge < -0.3 is 0 Å². The molecule has 0 bridgehead atoms. The lowest BCUT2D eigenvalue weighted by Crippen LogP contribution is -2.44. The van der Waals surface area contributed by atoms with Gasteiger partial charge in [-0.25, -0.2) is 0 Å². The molecule has 148 valence electrons. The molecule has 0 aliphatic heterocycles. The highest BCUT2D eigenvalue weighted by atomic mass is 14.5. The molecule has 2 unspecified atom stereocenters. The molecule has 0 saturated carbocycles. The van der Waals surface area contributed by atoms with Crippen molar-refractivity contribution in [2.75, 3.05) is 0 Å². The fourth-order valence-electron chi connectivity index (χ4n) is 5.15. The molecular weight excluding hydrogens is 324 g/mol. The molecule has 27 heavy (non-hydrogen) atoms. The van der Waals surface area contributed by atoms with E-state index in [0.29, 0.717) is 23.7 Å². The number of benzene rings is 2. The van der Waals surface area contributed by atoms with Gasteiger partial charge in [0.05, 0.1) is 0 Å². The van der Waals surface area contributed by atoms with Crippen molar-refractivity contribution in [3.8, 4) is 0 Å². The molecule has 0 nitrogen and oxygen atoms in total. The molecule has 0 heterocycles. The van der Waals surface area contributed by atoms with Crippen molar-refractivity contribution in [3.63, 3.8) is 0 Å². The van der Waals surface area contributed by atoms with Gasteiger partial charge in [-0.15, -0.1) is 0 Å². The monoisotopic (exact) mass is 364 g/mol. The molecule has 2 rings (SSSR count). The molecule has 0 spiro atoms. The van der Waals surface area contributed by atoms with E-state index in [-0.39, 0.29) is 10.8 Å². The van der Waals surface area contributed by atoms with Gasteiger partial charge >= 0.3 is 0 Å². The summed E-state index contributed by atoms with van der Waals surface area (Å²) in [6.07, 6.45) is 1.22. The molecule has 0 fully saturated rings. The van der Waals surface area contributed by atoms with E-state index >= 15 is 0 Å². The molecule has 0 aliphatic carbocycles. The van der Waals surface area contributed by atoms with E-state index in [1.807, 2.05) is 0 Å². The van der Waals surface area contributed by atoms with Gasteiger partial charge in [0, 0.05) is 0 Å². The van der Waals surface area contributed by atoms with Crippen LogP contribution in [-0.2, 0) is 0 Å². The molecule has 0 N–H and O–H groups in total. The maximum Gasteiger partial charge on any atom is -0.00822 e. The average molecular weight is 365 g/mol. The second-order valence-corrected chi connectivity index (χ2v) is 10.2. The number of rotatable bonds is 8. The Morgan fingerprint density at radius 1 is 0.630 bits per heavy atom. The fraction of sp³-hybridized carbons (Fsp3) is 0.556. The van der Waals surface area contributed by atoms with Gasteiger partial charge in [-0.1, -0.05) is 116 Å². The van der Waals surface area contributed by atoms with Gasteiger partial charge in [0.15, 0.2) is 0 Å². The Morgan fingerprint density at radius 2 is 1.07 bits per heavy atom. The van der Waals surface area contributed by atoms with Crippen LogP contribution in [0.15, 0.2) is 60.7 Å². The van der Waals surface area contributed by atoms with Crippen molar-refractivity contribution in [3.05, 3.63) is 71.8 Å². The van der Waals surface area contributed by atoms with Gasteiger partial charge in [0.2, 0.25) is 0 Å². The predicted molar refractivity (Wildman–Crippen MR) is 120 cm³/mol. The summed E-state index contributed by atoms with van der Waals surface area (Å²) in [4.78, 5) is 0. The highest BCUT2D eigenvalue weighted by Crippen LogP contribution is 2.58. The van der Waals surface area contributed by atoms with Crippen LogP contribution >= 0.6 is 0 Å². The first-order valence-electron chi connectivity index (χ1n) is 10.7. The van der Waals surface area contributed by atoms with Gasteiger partial charge in [-0.2, -0.15) is 0 Å². The van der Waals surface area contributed by atoms with Crippen LogP contribution in [0.25, 0.3) is 0 Å². The summed E-state index contributed by atoms with van der Waals surface area (Å²) >= 11 is 0. The summed E-state index contributed by atoms with van der Waals surface area (Å²) in [6, 6.07) is 22.3. The highest BCUT2D eigenvalue weighted by molar-refractivity contribution is 5.27. The molecule has 2 aromatic carbocycles. The first kappa shape index (κ1) is 21.7. The zero-order valence-electron chi connectivity index (χ0n) is 18.8. The van der Waals surface area contributed by atoms with Crippen LogP contribution in [0.1, 0.15) is 84.8 Å². The lowest BCUT2D eigenvalue weighted by Gasteiger charge is -2.53. The Bertz CT molecular complexity index is 676. The molecule has 0 saturated heterocycles. The summed E-state index contributed by atoms with van der Waals surface area (Å²) in [6.45, 7) is 19.5. The molecule has 0 radical (unpaired) electrons. The molecule has 0 heteroatoms. The van der Waals surface area contributed by atoms with Crippen molar-refractivity contribution in [2.24, 2.45) is 22.7 Å². The van der Waals surface area contributed by atoms with Crippen LogP contribution in [0.4, 0.5) is 0 Å². The third-order valence-electron chi connectivity index (χ3n) is 7.04. The summed E-state index contributed by atoms with van der Waals surface area (Å²) < 4.78 is 0. The number of hydrogen-bond donors (Lipinski definition) is 0. The third kappa shape index (κ3) is 4.65. The predicted octanol–water partition coefficient (Wildman–Crippen LogP) is 8.31. The van der Waals surface area contributed by atoms with Crippen LogP contribution in [-0.4, -0.2) is 0 Å².